The molecule has 2 aromatic rings. The molecule has 0 aliphatic heterocycles. The van der Waals surface area contributed by atoms with Crippen LogP contribution in [0.4, 0.5) is 0 Å². The van der Waals surface area contributed by atoms with Crippen LogP contribution in [0.15, 0.2) is 54.6 Å². The Labute approximate surface area is 128 Å². The van der Waals surface area contributed by atoms with Crippen LogP contribution < -0.4 is 5.32 Å². The topological polar surface area (TPSA) is 12.0 Å². The minimum atomic E-state index is 0.687. The molecular weight excluding hydrogens is 254 g/mol. The van der Waals surface area contributed by atoms with Crippen molar-refractivity contribution >= 4 is 0 Å². The van der Waals surface area contributed by atoms with Crippen molar-refractivity contribution < 1.29 is 0 Å². The summed E-state index contributed by atoms with van der Waals surface area (Å²) in [6.07, 6.45) is 5.22. The molecule has 0 unspecified atom stereocenters. The minimum absolute atomic E-state index is 0.687. The van der Waals surface area contributed by atoms with Crippen LogP contribution in [0.2, 0.25) is 0 Å². The maximum atomic E-state index is 3.72. The third kappa shape index (κ3) is 3.95. The fourth-order valence-corrected chi connectivity index (χ4v) is 3.33. The molecule has 0 saturated heterocycles. The van der Waals surface area contributed by atoms with Crippen molar-refractivity contribution in [3.05, 3.63) is 71.3 Å². The van der Waals surface area contributed by atoms with E-state index in [1.54, 1.807) is 0 Å². The lowest BCUT2D eigenvalue weighted by Crippen LogP contribution is -2.32. The number of nitrogens with one attached hydrogen (secondary N) is 1. The number of aryl methyl sites for hydroxylation is 1. The summed E-state index contributed by atoms with van der Waals surface area (Å²) < 4.78 is 0. The fourth-order valence-electron chi connectivity index (χ4n) is 3.33. The van der Waals surface area contributed by atoms with E-state index in [0.717, 1.165) is 12.5 Å². The lowest BCUT2D eigenvalue weighted by molar-refractivity contribution is 0.341. The average Bonchev–Trinajstić information content (AvgIpc) is 2.55. The second kappa shape index (κ2) is 6.91. The van der Waals surface area contributed by atoms with Crippen LogP contribution in [0, 0.1) is 6.92 Å². The average molecular weight is 279 g/mol. The van der Waals surface area contributed by atoms with Crippen LogP contribution in [0.1, 0.15) is 48.3 Å². The first kappa shape index (κ1) is 14.3. The Morgan fingerprint density at radius 1 is 0.857 bits per heavy atom. The van der Waals surface area contributed by atoms with Gasteiger partial charge in [-0.25, -0.2) is 0 Å². The summed E-state index contributed by atoms with van der Waals surface area (Å²) in [7, 11) is 0. The van der Waals surface area contributed by atoms with Gasteiger partial charge in [0.2, 0.25) is 0 Å². The molecular formula is C20H25N. The lowest BCUT2D eigenvalue weighted by Gasteiger charge is -2.29. The van der Waals surface area contributed by atoms with Crippen LogP contribution in [0.25, 0.3) is 0 Å². The molecule has 0 heterocycles. The van der Waals surface area contributed by atoms with Crippen molar-refractivity contribution in [2.75, 3.05) is 0 Å². The standard InChI is InChI=1S/C20H25N/c1-16-7-9-18(10-8-16)19-11-13-20(14-12-19)21-15-17-5-3-2-4-6-17/h2-10,19-21H,11-15H2,1H3. The van der Waals surface area contributed by atoms with E-state index in [4.69, 9.17) is 0 Å². The first-order valence-electron chi connectivity index (χ1n) is 8.15. The predicted octanol–water partition coefficient (Wildman–Crippen LogP) is 4.81. The Hall–Kier alpha value is -1.60. The van der Waals surface area contributed by atoms with Gasteiger partial charge < -0.3 is 5.32 Å². The largest absolute Gasteiger partial charge is 0.310 e. The van der Waals surface area contributed by atoms with Gasteiger partial charge in [0.25, 0.3) is 0 Å². The third-order valence-electron chi connectivity index (χ3n) is 4.71. The molecule has 1 heteroatoms. The van der Waals surface area contributed by atoms with Crippen molar-refractivity contribution in [2.45, 2.75) is 51.1 Å². The normalized spacial score (nSPS) is 22.1. The van der Waals surface area contributed by atoms with Gasteiger partial charge in [-0.15, -0.1) is 0 Å². The zero-order chi connectivity index (χ0) is 14.5. The van der Waals surface area contributed by atoms with Gasteiger partial charge in [0.1, 0.15) is 0 Å². The molecule has 2 aromatic carbocycles. The quantitative estimate of drug-likeness (QED) is 0.846. The molecule has 1 aliphatic carbocycles. The first-order chi connectivity index (χ1) is 10.3. The van der Waals surface area contributed by atoms with Gasteiger partial charge in [-0.3, -0.25) is 0 Å². The summed E-state index contributed by atoms with van der Waals surface area (Å²) in [5.41, 5.74) is 4.28. The Kier molecular flexibility index (Phi) is 4.72. The van der Waals surface area contributed by atoms with Crippen LogP contribution in [0.5, 0.6) is 0 Å². The highest BCUT2D eigenvalue weighted by Gasteiger charge is 2.21. The van der Waals surface area contributed by atoms with Crippen molar-refractivity contribution in [1.29, 1.82) is 0 Å². The molecule has 0 atom stereocenters. The van der Waals surface area contributed by atoms with Crippen LogP contribution >= 0.6 is 0 Å². The molecule has 1 saturated carbocycles. The molecule has 0 amide bonds. The number of hydrogen-bond donors (Lipinski definition) is 1. The van der Waals surface area contributed by atoms with Crippen molar-refractivity contribution in [3.63, 3.8) is 0 Å². The second-order valence-electron chi connectivity index (χ2n) is 6.33. The first-order valence-corrected chi connectivity index (χ1v) is 8.15. The van der Waals surface area contributed by atoms with E-state index in [0.29, 0.717) is 6.04 Å². The van der Waals surface area contributed by atoms with Crippen LogP contribution in [0.3, 0.4) is 0 Å². The molecule has 1 fully saturated rings. The van der Waals surface area contributed by atoms with Gasteiger partial charge in [0.05, 0.1) is 0 Å². The van der Waals surface area contributed by atoms with Crippen molar-refractivity contribution in [1.82, 2.24) is 5.32 Å². The molecule has 0 bridgehead atoms. The highest BCUT2D eigenvalue weighted by molar-refractivity contribution is 5.25. The third-order valence-corrected chi connectivity index (χ3v) is 4.71. The summed E-state index contributed by atoms with van der Waals surface area (Å²) in [6.45, 7) is 3.16. The Bertz CT molecular complexity index is 536. The van der Waals surface area contributed by atoms with Crippen molar-refractivity contribution in [2.24, 2.45) is 0 Å². The molecule has 0 spiro atoms. The van der Waals surface area contributed by atoms with Gasteiger partial charge in [-0.05, 0) is 49.7 Å². The molecule has 1 aliphatic rings. The molecule has 110 valence electrons. The SMILES string of the molecule is Cc1ccc(C2CCC(NCc3ccccc3)CC2)cc1. The Morgan fingerprint density at radius 2 is 1.52 bits per heavy atom. The van der Waals surface area contributed by atoms with Gasteiger partial charge >= 0.3 is 0 Å². The zero-order valence-electron chi connectivity index (χ0n) is 12.9. The van der Waals surface area contributed by atoms with Gasteiger partial charge in [-0.1, -0.05) is 60.2 Å². The van der Waals surface area contributed by atoms with E-state index in [-0.39, 0.29) is 0 Å². The van der Waals surface area contributed by atoms with Crippen LogP contribution in [-0.2, 0) is 6.54 Å². The maximum absolute atomic E-state index is 3.72. The molecule has 0 aromatic heterocycles. The summed E-state index contributed by atoms with van der Waals surface area (Å²) in [5, 5.41) is 3.72. The van der Waals surface area contributed by atoms with E-state index in [1.807, 2.05) is 0 Å². The molecule has 21 heavy (non-hydrogen) atoms. The Balaban J connectivity index is 1.48. The summed E-state index contributed by atoms with van der Waals surface area (Å²) in [5.74, 6) is 0.764. The van der Waals surface area contributed by atoms with E-state index >= 15 is 0 Å². The predicted molar refractivity (Wildman–Crippen MR) is 89.5 cm³/mol. The highest BCUT2D eigenvalue weighted by Crippen LogP contribution is 2.33. The zero-order valence-corrected chi connectivity index (χ0v) is 12.9. The minimum Gasteiger partial charge on any atom is -0.310 e. The summed E-state index contributed by atoms with van der Waals surface area (Å²) in [6, 6.07) is 20.5. The number of hydrogen-bond acceptors (Lipinski definition) is 1. The van der Waals surface area contributed by atoms with Crippen LogP contribution in [-0.4, -0.2) is 6.04 Å². The van der Waals surface area contributed by atoms with Crippen molar-refractivity contribution in [3.8, 4) is 0 Å². The van der Waals surface area contributed by atoms with E-state index in [2.05, 4.69) is 66.8 Å². The molecule has 1 nitrogen and oxygen atoms in total. The number of benzene rings is 2. The molecule has 0 radical (unpaired) electrons. The van der Waals surface area contributed by atoms with E-state index in [1.165, 1.54) is 42.4 Å². The van der Waals surface area contributed by atoms with Gasteiger partial charge in [0, 0.05) is 12.6 Å². The summed E-state index contributed by atoms with van der Waals surface area (Å²) in [4.78, 5) is 0. The molecule has 1 N–H and O–H groups in total. The van der Waals surface area contributed by atoms with E-state index in [9.17, 15) is 0 Å². The summed E-state index contributed by atoms with van der Waals surface area (Å²) >= 11 is 0. The van der Waals surface area contributed by atoms with Gasteiger partial charge in [0.15, 0.2) is 0 Å². The van der Waals surface area contributed by atoms with E-state index < -0.39 is 0 Å². The Morgan fingerprint density at radius 3 is 2.19 bits per heavy atom. The second-order valence-corrected chi connectivity index (χ2v) is 6.33. The van der Waals surface area contributed by atoms with Gasteiger partial charge in [-0.2, -0.15) is 0 Å². The lowest BCUT2D eigenvalue weighted by atomic mass is 9.81. The number of rotatable bonds is 4. The smallest absolute Gasteiger partial charge is 0.0208 e. The maximum Gasteiger partial charge on any atom is 0.0208 e. The monoisotopic (exact) mass is 279 g/mol. The molecule has 3 rings (SSSR count). The highest BCUT2D eigenvalue weighted by atomic mass is 14.9. The fraction of sp³-hybridized carbons (Fsp3) is 0.400.